The zero-order chi connectivity index (χ0) is 22.4. The summed E-state index contributed by atoms with van der Waals surface area (Å²) in [6.45, 7) is 0. The summed E-state index contributed by atoms with van der Waals surface area (Å²) in [7, 11) is 1.46. The second-order valence-electron chi connectivity index (χ2n) is 7.58. The topological polar surface area (TPSA) is 79.3 Å². The van der Waals surface area contributed by atoms with Gasteiger partial charge in [-0.3, -0.25) is 14.4 Å². The lowest BCUT2D eigenvalue weighted by Gasteiger charge is -2.29. The van der Waals surface area contributed by atoms with Gasteiger partial charge in [-0.05, 0) is 54.1 Å². The minimum atomic E-state index is -0.962. The van der Waals surface area contributed by atoms with Crippen molar-refractivity contribution in [3.05, 3.63) is 82.8 Å². The van der Waals surface area contributed by atoms with Crippen LogP contribution in [0.25, 0.3) is 0 Å². The van der Waals surface area contributed by atoms with Gasteiger partial charge in [0.25, 0.3) is 5.91 Å². The summed E-state index contributed by atoms with van der Waals surface area (Å²) in [5.74, 6) is -1.24. The fraction of sp³-hybridized carbons (Fsp3) is 0.167. The molecule has 3 atom stereocenters. The highest BCUT2D eigenvalue weighted by Crippen LogP contribution is 2.48. The first-order chi connectivity index (χ1) is 15.5. The lowest BCUT2D eigenvalue weighted by atomic mass is 9.90. The van der Waals surface area contributed by atoms with Crippen LogP contribution >= 0.6 is 15.9 Å². The number of hydroxylamine groups is 1. The molecular weight excluding hydrogens is 476 g/mol. The first-order valence-electron chi connectivity index (χ1n) is 10.0. The maximum Gasteiger partial charge on any atom is 0.266 e. The molecule has 0 saturated carbocycles. The molecule has 2 fully saturated rings. The van der Waals surface area contributed by atoms with Crippen LogP contribution in [-0.2, 0) is 14.4 Å². The van der Waals surface area contributed by atoms with Crippen molar-refractivity contribution in [3.63, 3.8) is 0 Å². The molecule has 5 rings (SSSR count). The minimum Gasteiger partial charge on any atom is -0.504 e. The largest absolute Gasteiger partial charge is 0.504 e. The van der Waals surface area contributed by atoms with Crippen LogP contribution in [0, 0.1) is 5.92 Å². The highest BCUT2D eigenvalue weighted by atomic mass is 79.9. The lowest BCUT2D eigenvalue weighted by molar-refractivity contribution is -0.126. The number of carbonyl (C=O) groups excluding carboxylic acids is 2. The van der Waals surface area contributed by atoms with Crippen LogP contribution in [0.3, 0.4) is 0 Å². The molecule has 0 aliphatic carbocycles. The molecule has 7 nitrogen and oxygen atoms in total. The van der Waals surface area contributed by atoms with E-state index in [-0.39, 0.29) is 17.4 Å². The number of ether oxygens (including phenoxy) is 1. The van der Waals surface area contributed by atoms with Gasteiger partial charge in [0.1, 0.15) is 5.92 Å². The van der Waals surface area contributed by atoms with Crippen LogP contribution in [0.2, 0.25) is 0 Å². The van der Waals surface area contributed by atoms with Crippen LogP contribution < -0.4 is 14.7 Å². The predicted molar refractivity (Wildman–Crippen MR) is 121 cm³/mol. The average molecular weight is 495 g/mol. The Labute approximate surface area is 192 Å². The molecule has 2 amide bonds. The molecule has 0 bridgehead atoms. The molecule has 8 heteroatoms. The van der Waals surface area contributed by atoms with Crippen molar-refractivity contribution < 1.29 is 24.3 Å². The monoisotopic (exact) mass is 494 g/mol. The zero-order valence-corrected chi connectivity index (χ0v) is 18.6. The molecule has 2 aliphatic heterocycles. The standard InChI is InChI=1S/C24H19BrN2O5/c1-31-19-13-14(7-12-18(19)28)21-20-22(32-27(21)17-5-3-2-4-6-17)24(30)26(23(20)29)16-10-8-15(25)9-11-16/h2-13,20-22,28H,1H3/t20-,21+,22-/m0/s1. The van der Waals surface area contributed by atoms with E-state index in [2.05, 4.69) is 15.9 Å². The Kier molecular flexibility index (Phi) is 5.11. The Morgan fingerprint density at radius 2 is 1.66 bits per heavy atom. The maximum atomic E-state index is 13.6. The Morgan fingerprint density at radius 1 is 0.938 bits per heavy atom. The molecule has 0 unspecified atom stereocenters. The summed E-state index contributed by atoms with van der Waals surface area (Å²) < 4.78 is 6.12. The Morgan fingerprint density at radius 3 is 2.34 bits per heavy atom. The van der Waals surface area contributed by atoms with Gasteiger partial charge < -0.3 is 9.84 Å². The number of aromatic hydroxyl groups is 1. The van der Waals surface area contributed by atoms with Crippen molar-refractivity contribution in [2.75, 3.05) is 17.1 Å². The van der Waals surface area contributed by atoms with E-state index in [1.165, 1.54) is 18.1 Å². The van der Waals surface area contributed by atoms with E-state index >= 15 is 0 Å². The van der Waals surface area contributed by atoms with Crippen molar-refractivity contribution in [1.82, 2.24) is 0 Å². The normalized spacial score (nSPS) is 22.4. The molecule has 2 aliphatic rings. The number of benzene rings is 3. The maximum absolute atomic E-state index is 13.6. The van der Waals surface area contributed by atoms with Crippen LogP contribution in [0.1, 0.15) is 11.6 Å². The van der Waals surface area contributed by atoms with Gasteiger partial charge in [-0.25, -0.2) is 9.96 Å². The average Bonchev–Trinajstić information content (AvgIpc) is 3.32. The van der Waals surface area contributed by atoms with Crippen LogP contribution in [-0.4, -0.2) is 30.1 Å². The summed E-state index contributed by atoms with van der Waals surface area (Å²) in [4.78, 5) is 34.2. The third-order valence-electron chi connectivity index (χ3n) is 5.76. The third kappa shape index (κ3) is 3.23. The second-order valence-corrected chi connectivity index (χ2v) is 8.49. The second kappa shape index (κ2) is 7.96. The third-order valence-corrected chi connectivity index (χ3v) is 6.28. The Bertz CT molecular complexity index is 1180. The van der Waals surface area contributed by atoms with Gasteiger partial charge in [-0.15, -0.1) is 0 Å². The molecule has 0 spiro atoms. The highest BCUT2D eigenvalue weighted by Gasteiger charge is 2.60. The Balaban J connectivity index is 1.60. The molecule has 2 heterocycles. The number of amides is 2. The van der Waals surface area contributed by atoms with Gasteiger partial charge >= 0.3 is 0 Å². The number of carbonyl (C=O) groups is 2. The van der Waals surface area contributed by atoms with Gasteiger partial charge in [0.05, 0.1) is 24.5 Å². The summed E-state index contributed by atoms with van der Waals surface area (Å²) in [5, 5.41) is 11.7. The number of phenols is 1. The number of imide groups is 1. The summed E-state index contributed by atoms with van der Waals surface area (Å²) in [6, 6.07) is 20.6. The molecule has 3 aromatic carbocycles. The van der Waals surface area contributed by atoms with E-state index in [1.807, 2.05) is 30.3 Å². The number of hydrogen-bond donors (Lipinski definition) is 1. The van der Waals surface area contributed by atoms with Gasteiger partial charge in [-0.1, -0.05) is 40.2 Å². The van der Waals surface area contributed by atoms with E-state index in [1.54, 1.807) is 41.5 Å². The molecule has 1 N–H and O–H groups in total. The number of rotatable bonds is 4. The number of nitrogens with zero attached hydrogens (tertiary/aromatic N) is 2. The number of fused-ring (bicyclic) bond motifs is 1. The highest BCUT2D eigenvalue weighted by molar-refractivity contribution is 9.10. The molecule has 0 radical (unpaired) electrons. The lowest BCUT2D eigenvalue weighted by Crippen LogP contribution is -2.37. The zero-order valence-electron chi connectivity index (χ0n) is 17.0. The van der Waals surface area contributed by atoms with Gasteiger partial charge in [0.2, 0.25) is 5.91 Å². The van der Waals surface area contributed by atoms with Crippen molar-refractivity contribution in [3.8, 4) is 11.5 Å². The van der Waals surface area contributed by atoms with Crippen molar-refractivity contribution in [2.24, 2.45) is 5.92 Å². The number of anilines is 2. The van der Waals surface area contributed by atoms with Crippen molar-refractivity contribution >= 4 is 39.1 Å². The Hall–Kier alpha value is -3.36. The number of phenolic OH excluding ortho intramolecular Hbond substituents is 1. The number of para-hydroxylation sites is 1. The first kappa shape index (κ1) is 20.5. The summed E-state index contributed by atoms with van der Waals surface area (Å²) >= 11 is 3.37. The van der Waals surface area contributed by atoms with Crippen molar-refractivity contribution in [1.29, 1.82) is 0 Å². The van der Waals surface area contributed by atoms with Crippen LogP contribution in [0.4, 0.5) is 11.4 Å². The van der Waals surface area contributed by atoms with E-state index < -0.39 is 24.0 Å². The van der Waals surface area contributed by atoms with Gasteiger partial charge in [0.15, 0.2) is 17.6 Å². The van der Waals surface area contributed by atoms with Gasteiger partial charge in [-0.2, -0.15) is 0 Å². The molecule has 32 heavy (non-hydrogen) atoms. The number of methoxy groups -OCH3 is 1. The van der Waals surface area contributed by atoms with E-state index in [9.17, 15) is 14.7 Å². The number of halogens is 1. The first-order valence-corrected chi connectivity index (χ1v) is 10.8. The van der Waals surface area contributed by atoms with E-state index in [0.29, 0.717) is 11.3 Å². The fourth-order valence-corrected chi connectivity index (χ4v) is 4.54. The minimum absolute atomic E-state index is 0.0108. The SMILES string of the molecule is COc1cc([C@@H]2[C@@H]3C(=O)N(c4ccc(Br)cc4)C(=O)[C@H]3ON2c2ccccc2)ccc1O. The molecule has 162 valence electrons. The van der Waals surface area contributed by atoms with Crippen molar-refractivity contribution in [2.45, 2.75) is 12.1 Å². The molecule has 3 aromatic rings. The fourth-order valence-electron chi connectivity index (χ4n) is 4.28. The summed E-state index contributed by atoms with van der Waals surface area (Å²) in [6.07, 6.45) is -0.962. The molecule has 2 saturated heterocycles. The molecule has 0 aromatic heterocycles. The van der Waals surface area contributed by atoms with E-state index in [4.69, 9.17) is 9.57 Å². The summed E-state index contributed by atoms with van der Waals surface area (Å²) in [5.41, 5.74) is 1.90. The van der Waals surface area contributed by atoms with Crippen LogP contribution in [0.5, 0.6) is 11.5 Å². The number of hydrogen-bond acceptors (Lipinski definition) is 6. The van der Waals surface area contributed by atoms with Crippen LogP contribution in [0.15, 0.2) is 77.3 Å². The van der Waals surface area contributed by atoms with Gasteiger partial charge in [0, 0.05) is 4.47 Å². The smallest absolute Gasteiger partial charge is 0.266 e. The molecular formula is C24H19BrN2O5. The quantitative estimate of drug-likeness (QED) is 0.547. The van der Waals surface area contributed by atoms with E-state index in [0.717, 1.165) is 10.2 Å². The predicted octanol–water partition coefficient (Wildman–Crippen LogP) is 4.21.